The van der Waals surface area contributed by atoms with Gasteiger partial charge in [-0.25, -0.2) is 9.97 Å². The van der Waals surface area contributed by atoms with Crippen molar-refractivity contribution in [2.24, 2.45) is 0 Å². The maximum absolute atomic E-state index is 4.22. The largest absolute Gasteiger partial charge is 0.373 e. The molecule has 0 bridgehead atoms. The topological polar surface area (TPSA) is 37.8 Å². The lowest BCUT2D eigenvalue weighted by atomic mass is 10.2. The van der Waals surface area contributed by atoms with E-state index in [9.17, 15) is 0 Å². The number of hydrogen-bond acceptors (Lipinski definition) is 4. The minimum atomic E-state index is 0.838. The van der Waals surface area contributed by atoms with E-state index in [1.54, 1.807) is 18.1 Å². The zero-order valence-electron chi connectivity index (χ0n) is 9.27. The zero-order chi connectivity index (χ0) is 11.4. The molecule has 0 spiro atoms. The van der Waals surface area contributed by atoms with Gasteiger partial charge in [-0.2, -0.15) is 0 Å². The van der Waals surface area contributed by atoms with Crippen LogP contribution in [0, 0.1) is 6.92 Å². The molecule has 0 aliphatic rings. The first kappa shape index (κ1) is 11.0. The van der Waals surface area contributed by atoms with Crippen molar-refractivity contribution in [3.8, 4) is 0 Å². The first-order chi connectivity index (χ1) is 7.78. The SMILES string of the molecule is CNc1cc(Sc2ccc(C)cc2)ncn1. The fourth-order valence-corrected chi connectivity index (χ4v) is 2.04. The molecule has 4 heteroatoms. The van der Waals surface area contributed by atoms with E-state index in [2.05, 4.69) is 46.5 Å². The third kappa shape index (κ3) is 2.73. The van der Waals surface area contributed by atoms with Crippen LogP contribution in [-0.4, -0.2) is 17.0 Å². The fraction of sp³-hybridized carbons (Fsp3) is 0.167. The van der Waals surface area contributed by atoms with E-state index < -0.39 is 0 Å². The average Bonchev–Trinajstić information content (AvgIpc) is 2.32. The van der Waals surface area contributed by atoms with E-state index in [1.165, 1.54) is 10.5 Å². The van der Waals surface area contributed by atoms with E-state index in [0.717, 1.165) is 10.8 Å². The minimum absolute atomic E-state index is 0.838. The molecule has 0 radical (unpaired) electrons. The standard InChI is InChI=1S/C12H13N3S/c1-9-3-5-10(6-4-9)16-12-7-11(13-2)14-8-15-12/h3-8H,1-2H3,(H,13,14,15). The Balaban J connectivity index is 2.16. The van der Waals surface area contributed by atoms with Crippen LogP contribution < -0.4 is 5.32 Å². The van der Waals surface area contributed by atoms with Crippen LogP contribution in [0.2, 0.25) is 0 Å². The summed E-state index contributed by atoms with van der Waals surface area (Å²) < 4.78 is 0. The molecule has 0 saturated carbocycles. The predicted octanol–water partition coefficient (Wildman–Crippen LogP) is 2.98. The number of anilines is 1. The smallest absolute Gasteiger partial charge is 0.130 e. The van der Waals surface area contributed by atoms with E-state index in [-0.39, 0.29) is 0 Å². The van der Waals surface area contributed by atoms with Crippen molar-refractivity contribution in [1.29, 1.82) is 0 Å². The predicted molar refractivity (Wildman–Crippen MR) is 66.9 cm³/mol. The second-order valence-electron chi connectivity index (χ2n) is 3.41. The summed E-state index contributed by atoms with van der Waals surface area (Å²) >= 11 is 1.63. The van der Waals surface area contributed by atoms with Crippen molar-refractivity contribution in [3.05, 3.63) is 42.2 Å². The van der Waals surface area contributed by atoms with Crippen LogP contribution in [-0.2, 0) is 0 Å². The molecule has 0 aliphatic carbocycles. The van der Waals surface area contributed by atoms with Crippen LogP contribution in [0.4, 0.5) is 5.82 Å². The molecule has 82 valence electrons. The van der Waals surface area contributed by atoms with Crippen molar-refractivity contribution in [1.82, 2.24) is 9.97 Å². The lowest BCUT2D eigenvalue weighted by Gasteiger charge is -2.03. The lowest BCUT2D eigenvalue weighted by molar-refractivity contribution is 1.05. The summed E-state index contributed by atoms with van der Waals surface area (Å²) in [5.41, 5.74) is 1.27. The number of hydrogen-bond donors (Lipinski definition) is 1. The van der Waals surface area contributed by atoms with Crippen LogP contribution in [0.3, 0.4) is 0 Å². The van der Waals surface area contributed by atoms with Gasteiger partial charge in [0, 0.05) is 18.0 Å². The van der Waals surface area contributed by atoms with E-state index in [4.69, 9.17) is 0 Å². The summed E-state index contributed by atoms with van der Waals surface area (Å²) in [4.78, 5) is 9.48. The lowest BCUT2D eigenvalue weighted by Crippen LogP contribution is -1.93. The quantitative estimate of drug-likeness (QED) is 0.824. The Morgan fingerprint density at radius 1 is 1.12 bits per heavy atom. The first-order valence-corrected chi connectivity index (χ1v) is 5.84. The molecular weight excluding hydrogens is 218 g/mol. The molecule has 16 heavy (non-hydrogen) atoms. The van der Waals surface area contributed by atoms with Gasteiger partial charge in [0.15, 0.2) is 0 Å². The highest BCUT2D eigenvalue weighted by Crippen LogP contribution is 2.26. The molecule has 2 aromatic rings. The van der Waals surface area contributed by atoms with E-state index >= 15 is 0 Å². The summed E-state index contributed by atoms with van der Waals surface area (Å²) in [5, 5.41) is 3.95. The Hall–Kier alpha value is -1.55. The molecule has 1 aromatic heterocycles. The van der Waals surface area contributed by atoms with Gasteiger partial charge in [0.25, 0.3) is 0 Å². The Kier molecular flexibility index (Phi) is 3.41. The zero-order valence-corrected chi connectivity index (χ0v) is 10.1. The summed E-state index contributed by atoms with van der Waals surface area (Å²) in [6.07, 6.45) is 1.57. The molecule has 0 aliphatic heterocycles. The number of nitrogens with zero attached hydrogens (tertiary/aromatic N) is 2. The van der Waals surface area contributed by atoms with E-state index in [1.807, 2.05) is 13.1 Å². The molecule has 0 saturated heterocycles. The number of rotatable bonds is 3. The third-order valence-electron chi connectivity index (χ3n) is 2.14. The Morgan fingerprint density at radius 2 is 1.88 bits per heavy atom. The van der Waals surface area contributed by atoms with Crippen LogP contribution in [0.25, 0.3) is 0 Å². The summed E-state index contributed by atoms with van der Waals surface area (Å²) in [5.74, 6) is 0.838. The number of benzene rings is 1. The highest BCUT2D eigenvalue weighted by Gasteiger charge is 2.00. The van der Waals surface area contributed by atoms with Crippen molar-refractivity contribution < 1.29 is 0 Å². The van der Waals surface area contributed by atoms with Crippen LogP contribution in [0.5, 0.6) is 0 Å². The van der Waals surface area contributed by atoms with Crippen molar-refractivity contribution in [3.63, 3.8) is 0 Å². The molecule has 2 rings (SSSR count). The molecular formula is C12H13N3S. The number of aryl methyl sites for hydroxylation is 1. The van der Waals surface area contributed by atoms with Gasteiger partial charge in [0.05, 0.1) is 0 Å². The second kappa shape index (κ2) is 4.99. The molecule has 1 heterocycles. The maximum atomic E-state index is 4.22. The van der Waals surface area contributed by atoms with Gasteiger partial charge < -0.3 is 5.32 Å². The molecule has 0 unspecified atom stereocenters. The first-order valence-electron chi connectivity index (χ1n) is 5.02. The van der Waals surface area contributed by atoms with Gasteiger partial charge in [-0.15, -0.1) is 0 Å². The maximum Gasteiger partial charge on any atom is 0.130 e. The molecule has 0 amide bonds. The van der Waals surface area contributed by atoms with Crippen molar-refractivity contribution >= 4 is 17.6 Å². The van der Waals surface area contributed by atoms with E-state index in [0.29, 0.717) is 0 Å². The number of nitrogens with one attached hydrogen (secondary N) is 1. The molecule has 1 N–H and O–H groups in total. The van der Waals surface area contributed by atoms with Crippen LogP contribution in [0.15, 0.2) is 46.6 Å². The van der Waals surface area contributed by atoms with Crippen molar-refractivity contribution in [2.75, 3.05) is 12.4 Å². The highest BCUT2D eigenvalue weighted by molar-refractivity contribution is 7.99. The van der Waals surface area contributed by atoms with Gasteiger partial charge in [0.2, 0.25) is 0 Å². The fourth-order valence-electron chi connectivity index (χ4n) is 1.26. The Bertz CT molecular complexity index is 468. The molecule has 0 fully saturated rings. The van der Waals surface area contributed by atoms with Crippen molar-refractivity contribution in [2.45, 2.75) is 16.8 Å². The monoisotopic (exact) mass is 231 g/mol. The molecule has 0 atom stereocenters. The third-order valence-corrected chi connectivity index (χ3v) is 3.08. The van der Waals surface area contributed by atoms with Gasteiger partial charge in [-0.1, -0.05) is 29.5 Å². The van der Waals surface area contributed by atoms with Crippen LogP contribution >= 0.6 is 11.8 Å². The van der Waals surface area contributed by atoms with Gasteiger partial charge in [0.1, 0.15) is 17.2 Å². The molecule has 1 aromatic carbocycles. The number of aromatic nitrogens is 2. The van der Waals surface area contributed by atoms with Gasteiger partial charge in [-0.05, 0) is 19.1 Å². The molecule has 3 nitrogen and oxygen atoms in total. The van der Waals surface area contributed by atoms with Gasteiger partial charge in [-0.3, -0.25) is 0 Å². The Labute approximate surface area is 99.3 Å². The summed E-state index contributed by atoms with van der Waals surface area (Å²) in [6.45, 7) is 2.08. The summed E-state index contributed by atoms with van der Waals surface area (Å²) in [7, 11) is 1.85. The Morgan fingerprint density at radius 3 is 2.56 bits per heavy atom. The minimum Gasteiger partial charge on any atom is -0.373 e. The second-order valence-corrected chi connectivity index (χ2v) is 4.50. The average molecular weight is 231 g/mol. The highest BCUT2D eigenvalue weighted by atomic mass is 32.2. The normalized spacial score (nSPS) is 10.1. The van der Waals surface area contributed by atoms with Crippen LogP contribution in [0.1, 0.15) is 5.56 Å². The van der Waals surface area contributed by atoms with Gasteiger partial charge >= 0.3 is 0 Å². The summed E-state index contributed by atoms with van der Waals surface area (Å²) in [6, 6.07) is 10.3.